The summed E-state index contributed by atoms with van der Waals surface area (Å²) < 4.78 is 0.659. The molecule has 4 heterocycles. The lowest BCUT2D eigenvalue weighted by atomic mass is 9.87. The number of rotatable bonds is 6. The highest BCUT2D eigenvalue weighted by atomic mass is 35.5. The van der Waals surface area contributed by atoms with Crippen LogP contribution in [0.2, 0.25) is 4.34 Å². The van der Waals surface area contributed by atoms with E-state index < -0.39 is 0 Å². The lowest BCUT2D eigenvalue weighted by Crippen LogP contribution is -2.40. The number of fused-ring (bicyclic) bond motifs is 1. The summed E-state index contributed by atoms with van der Waals surface area (Å²) >= 11 is 7.40. The molecule has 3 N–H and O–H groups in total. The van der Waals surface area contributed by atoms with Gasteiger partial charge in [-0.25, -0.2) is 4.98 Å². The Hall–Kier alpha value is -2.65. The lowest BCUT2D eigenvalue weighted by Gasteiger charge is -2.25. The minimum atomic E-state index is -0.300. The van der Waals surface area contributed by atoms with Gasteiger partial charge in [0.25, 0.3) is 0 Å². The van der Waals surface area contributed by atoms with Gasteiger partial charge in [-0.1, -0.05) is 30.9 Å². The van der Waals surface area contributed by atoms with Crippen molar-refractivity contribution in [2.75, 3.05) is 22.1 Å². The van der Waals surface area contributed by atoms with Gasteiger partial charge in [0, 0.05) is 29.8 Å². The molecule has 1 saturated carbocycles. The number of thiophene rings is 1. The fraction of sp³-hybridized carbons (Fsp3) is 0.520. The third kappa shape index (κ3) is 4.76. The van der Waals surface area contributed by atoms with Crippen LogP contribution in [0.3, 0.4) is 0 Å². The van der Waals surface area contributed by atoms with Crippen molar-refractivity contribution in [1.82, 2.24) is 20.2 Å². The van der Waals surface area contributed by atoms with E-state index in [1.165, 1.54) is 54.7 Å². The first-order valence-electron chi connectivity index (χ1n) is 12.7. The second-order valence-electron chi connectivity index (χ2n) is 9.76. The van der Waals surface area contributed by atoms with Crippen LogP contribution in [0.4, 0.5) is 22.6 Å². The zero-order chi connectivity index (χ0) is 23.8. The van der Waals surface area contributed by atoms with Crippen molar-refractivity contribution in [3.8, 4) is 0 Å². The van der Waals surface area contributed by atoms with Crippen molar-refractivity contribution in [2.24, 2.45) is 0 Å². The van der Waals surface area contributed by atoms with Gasteiger partial charge in [-0.2, -0.15) is 10.1 Å². The molecule has 3 aromatic heterocycles. The molecule has 0 aromatic carbocycles. The quantitative estimate of drug-likeness (QED) is 0.386. The van der Waals surface area contributed by atoms with Crippen molar-refractivity contribution in [2.45, 2.75) is 76.2 Å². The Labute approximate surface area is 213 Å². The standard InChI is InChI=1S/C25H30ClN7OS/c26-20-11-12-22(35-20)29-24(34)19-10-5-13-33(19)25-27-17-9-4-8-16(17)23(30-25)28-21-14-18(31-32-21)15-6-2-1-3-7-15/h11-12,14-15,19H,1-10,13H2,(H,29,34)(H2,27,28,30,31,32)/t19-/m0/s1. The fourth-order valence-corrected chi connectivity index (χ4v) is 6.61. The Morgan fingerprint density at radius 2 is 1.97 bits per heavy atom. The first-order chi connectivity index (χ1) is 17.1. The largest absolute Gasteiger partial charge is 0.329 e. The second kappa shape index (κ2) is 9.78. The summed E-state index contributed by atoms with van der Waals surface area (Å²) in [6.45, 7) is 0.760. The van der Waals surface area contributed by atoms with Gasteiger partial charge in [-0.15, -0.1) is 11.3 Å². The highest BCUT2D eigenvalue weighted by Gasteiger charge is 2.34. The summed E-state index contributed by atoms with van der Waals surface area (Å²) in [5.74, 6) is 2.78. The number of hydrogen-bond acceptors (Lipinski definition) is 7. The van der Waals surface area contributed by atoms with E-state index in [1.54, 1.807) is 6.07 Å². The molecule has 1 atom stereocenters. The topological polar surface area (TPSA) is 98.8 Å². The maximum Gasteiger partial charge on any atom is 0.247 e. The SMILES string of the molecule is O=C(Nc1ccc(Cl)s1)[C@@H]1CCCN1c1nc2c(c(Nc3cc(C4CCCCC4)[nH]n3)n1)CCC2. The summed E-state index contributed by atoms with van der Waals surface area (Å²) in [5, 5.41) is 15.1. The van der Waals surface area contributed by atoms with Crippen LogP contribution in [0, 0.1) is 0 Å². The average Bonchev–Trinajstić information content (AvgIpc) is 3.67. The van der Waals surface area contributed by atoms with Crippen LogP contribution in [0.1, 0.15) is 74.2 Å². The van der Waals surface area contributed by atoms with Gasteiger partial charge < -0.3 is 15.5 Å². The molecule has 8 nitrogen and oxygen atoms in total. The molecule has 2 aliphatic carbocycles. The first-order valence-corrected chi connectivity index (χ1v) is 13.9. The Bertz CT molecular complexity index is 1220. The highest BCUT2D eigenvalue weighted by Crippen LogP contribution is 2.35. The molecular formula is C25H30ClN7OS. The number of aromatic amines is 1. The molecule has 1 saturated heterocycles. The van der Waals surface area contributed by atoms with E-state index in [4.69, 9.17) is 21.6 Å². The van der Waals surface area contributed by atoms with Crippen molar-refractivity contribution in [1.29, 1.82) is 0 Å². The number of carbonyl (C=O) groups is 1. The van der Waals surface area contributed by atoms with E-state index in [2.05, 4.69) is 26.9 Å². The number of aromatic nitrogens is 4. The van der Waals surface area contributed by atoms with Crippen LogP contribution in [0.25, 0.3) is 0 Å². The molecular weight excluding hydrogens is 482 g/mol. The molecule has 1 amide bonds. The molecule has 10 heteroatoms. The molecule has 3 aliphatic rings. The Balaban J connectivity index is 1.23. The lowest BCUT2D eigenvalue weighted by molar-refractivity contribution is -0.117. The normalized spacial score (nSPS) is 20.3. The number of anilines is 4. The molecule has 184 valence electrons. The zero-order valence-corrected chi connectivity index (χ0v) is 21.2. The molecule has 1 aliphatic heterocycles. The van der Waals surface area contributed by atoms with E-state index in [9.17, 15) is 4.79 Å². The summed E-state index contributed by atoms with van der Waals surface area (Å²) in [5.41, 5.74) is 3.46. The predicted octanol–water partition coefficient (Wildman–Crippen LogP) is 5.80. The van der Waals surface area contributed by atoms with Gasteiger partial charge in [-0.05, 0) is 57.1 Å². The number of halogens is 1. The Morgan fingerprint density at radius 3 is 2.80 bits per heavy atom. The summed E-state index contributed by atoms with van der Waals surface area (Å²) in [6, 6.07) is 5.47. The van der Waals surface area contributed by atoms with Gasteiger partial charge in [-0.3, -0.25) is 9.89 Å². The molecule has 2 fully saturated rings. The van der Waals surface area contributed by atoms with Crippen LogP contribution in [0.5, 0.6) is 0 Å². The maximum atomic E-state index is 13.1. The number of nitrogens with zero attached hydrogens (tertiary/aromatic N) is 4. The van der Waals surface area contributed by atoms with Crippen molar-refractivity contribution >= 4 is 51.4 Å². The van der Waals surface area contributed by atoms with Gasteiger partial charge in [0.1, 0.15) is 11.9 Å². The Morgan fingerprint density at radius 1 is 1.09 bits per heavy atom. The highest BCUT2D eigenvalue weighted by molar-refractivity contribution is 7.20. The van der Waals surface area contributed by atoms with Crippen LogP contribution in [-0.4, -0.2) is 38.7 Å². The maximum absolute atomic E-state index is 13.1. The van der Waals surface area contributed by atoms with Gasteiger partial charge in [0.2, 0.25) is 11.9 Å². The monoisotopic (exact) mass is 511 g/mol. The van der Waals surface area contributed by atoms with E-state index in [1.807, 2.05) is 11.0 Å². The molecule has 35 heavy (non-hydrogen) atoms. The second-order valence-corrected chi connectivity index (χ2v) is 11.5. The van der Waals surface area contributed by atoms with Gasteiger partial charge in [0.05, 0.1) is 15.0 Å². The van der Waals surface area contributed by atoms with Crippen LogP contribution in [-0.2, 0) is 17.6 Å². The summed E-state index contributed by atoms with van der Waals surface area (Å²) in [4.78, 5) is 25.0. The molecule has 0 unspecified atom stereocenters. The first kappa shape index (κ1) is 22.8. The van der Waals surface area contributed by atoms with Gasteiger partial charge >= 0.3 is 0 Å². The minimum absolute atomic E-state index is 0.0379. The third-order valence-electron chi connectivity index (χ3n) is 7.44. The molecule has 3 aromatic rings. The number of carbonyl (C=O) groups excluding carboxylic acids is 1. The molecule has 6 rings (SSSR count). The molecule has 0 radical (unpaired) electrons. The predicted molar refractivity (Wildman–Crippen MR) is 140 cm³/mol. The Kier molecular flexibility index (Phi) is 6.37. The van der Waals surface area contributed by atoms with Crippen LogP contribution >= 0.6 is 22.9 Å². The van der Waals surface area contributed by atoms with E-state index >= 15 is 0 Å². The third-order valence-corrected chi connectivity index (χ3v) is 8.59. The number of nitrogens with one attached hydrogen (secondary N) is 3. The smallest absolute Gasteiger partial charge is 0.247 e. The van der Waals surface area contributed by atoms with Crippen molar-refractivity contribution in [3.63, 3.8) is 0 Å². The number of H-pyrrole nitrogens is 1. The number of amides is 1. The molecule has 0 bridgehead atoms. The van der Waals surface area contributed by atoms with Crippen molar-refractivity contribution in [3.05, 3.63) is 39.5 Å². The van der Waals surface area contributed by atoms with E-state index in [0.717, 1.165) is 61.0 Å². The summed E-state index contributed by atoms with van der Waals surface area (Å²) in [6.07, 6.45) is 11.0. The van der Waals surface area contributed by atoms with Crippen LogP contribution < -0.4 is 15.5 Å². The molecule has 0 spiro atoms. The zero-order valence-electron chi connectivity index (χ0n) is 19.6. The minimum Gasteiger partial charge on any atom is -0.329 e. The summed E-state index contributed by atoms with van der Waals surface area (Å²) in [7, 11) is 0. The van der Waals surface area contributed by atoms with E-state index in [-0.39, 0.29) is 11.9 Å². The van der Waals surface area contributed by atoms with Crippen LogP contribution in [0.15, 0.2) is 18.2 Å². The van der Waals surface area contributed by atoms with E-state index in [0.29, 0.717) is 16.2 Å². The number of hydrogen-bond donors (Lipinski definition) is 3. The average molecular weight is 512 g/mol. The number of aryl methyl sites for hydroxylation is 1. The fourth-order valence-electron chi connectivity index (χ4n) is 5.66. The van der Waals surface area contributed by atoms with Crippen molar-refractivity contribution < 1.29 is 4.79 Å². The van der Waals surface area contributed by atoms with Gasteiger partial charge in [0.15, 0.2) is 5.82 Å².